The lowest BCUT2D eigenvalue weighted by Crippen LogP contribution is -2.43. The molecule has 1 atom stereocenters. The third-order valence-electron chi connectivity index (χ3n) is 4.79. The fourth-order valence-corrected chi connectivity index (χ4v) is 3.41. The number of aromatic nitrogens is 2. The predicted octanol–water partition coefficient (Wildman–Crippen LogP) is 3.41. The van der Waals surface area contributed by atoms with Crippen molar-refractivity contribution in [2.75, 3.05) is 0 Å². The minimum Gasteiger partial charge on any atom is -0.464 e. The maximum absolute atomic E-state index is 12.4. The first-order valence-electron chi connectivity index (χ1n) is 9.28. The third-order valence-corrected chi connectivity index (χ3v) is 5.03. The third kappa shape index (κ3) is 4.89. The van der Waals surface area contributed by atoms with Crippen molar-refractivity contribution in [1.82, 2.24) is 15.1 Å². The Hall–Kier alpha value is -2.34. The molecule has 1 saturated carbocycles. The van der Waals surface area contributed by atoms with E-state index in [9.17, 15) is 9.59 Å². The second-order valence-electron chi connectivity index (χ2n) is 6.96. The number of nitrogens with one attached hydrogen (secondary N) is 1. The van der Waals surface area contributed by atoms with Crippen LogP contribution in [0.4, 0.5) is 0 Å². The van der Waals surface area contributed by atoms with Gasteiger partial charge in [0.15, 0.2) is 6.10 Å². The molecule has 1 heterocycles. The second-order valence-corrected chi connectivity index (χ2v) is 7.39. The Labute approximate surface area is 163 Å². The molecule has 1 aliphatic rings. The van der Waals surface area contributed by atoms with Crippen molar-refractivity contribution in [3.05, 3.63) is 51.3 Å². The Morgan fingerprint density at radius 2 is 2.00 bits per heavy atom. The highest BCUT2D eigenvalue weighted by molar-refractivity contribution is 6.30. The van der Waals surface area contributed by atoms with Gasteiger partial charge in [-0.2, -0.15) is 4.68 Å². The molecular formula is C20H24ClN3O3. The summed E-state index contributed by atoms with van der Waals surface area (Å²) in [6.45, 7) is 3.55. The summed E-state index contributed by atoms with van der Waals surface area (Å²) < 4.78 is 6.93. The summed E-state index contributed by atoms with van der Waals surface area (Å²) in [5, 5.41) is 7.80. The predicted molar refractivity (Wildman–Crippen MR) is 105 cm³/mol. The van der Waals surface area contributed by atoms with Crippen molar-refractivity contribution in [3.63, 3.8) is 0 Å². The largest absolute Gasteiger partial charge is 0.464 e. The summed E-state index contributed by atoms with van der Waals surface area (Å²) in [7, 11) is 0. The summed E-state index contributed by atoms with van der Waals surface area (Å²) in [4.78, 5) is 24.6. The smallest absolute Gasteiger partial charge is 0.271 e. The highest BCUT2D eigenvalue weighted by atomic mass is 35.5. The van der Waals surface area contributed by atoms with Crippen LogP contribution < -0.4 is 15.6 Å². The summed E-state index contributed by atoms with van der Waals surface area (Å²) >= 11 is 6.05. The van der Waals surface area contributed by atoms with Crippen molar-refractivity contribution < 1.29 is 9.53 Å². The number of amides is 1. The molecule has 0 saturated heterocycles. The number of ether oxygens (including phenoxy) is 1. The SMILES string of the molecule is Cc1ccc(Cl)cc1-n1nc(O[C@H](C)C(=O)NC2CCCCC2)ccc1=O. The van der Waals surface area contributed by atoms with Crippen LogP contribution in [-0.2, 0) is 4.79 Å². The first-order chi connectivity index (χ1) is 12.9. The number of halogens is 1. The molecule has 1 aromatic carbocycles. The van der Waals surface area contributed by atoms with Crippen LogP contribution in [0.15, 0.2) is 35.1 Å². The first-order valence-corrected chi connectivity index (χ1v) is 9.66. The zero-order valence-electron chi connectivity index (χ0n) is 15.6. The highest BCUT2D eigenvalue weighted by Crippen LogP contribution is 2.19. The minimum absolute atomic E-state index is 0.166. The van der Waals surface area contributed by atoms with Crippen LogP contribution in [0.3, 0.4) is 0 Å². The number of hydrogen-bond acceptors (Lipinski definition) is 4. The van der Waals surface area contributed by atoms with Crippen LogP contribution >= 0.6 is 11.6 Å². The molecule has 144 valence electrons. The molecule has 0 aliphatic heterocycles. The van der Waals surface area contributed by atoms with Gasteiger partial charge >= 0.3 is 0 Å². The molecule has 1 N–H and O–H groups in total. The van der Waals surface area contributed by atoms with E-state index in [1.54, 1.807) is 19.1 Å². The van der Waals surface area contributed by atoms with Crippen LogP contribution in [0.1, 0.15) is 44.6 Å². The maximum Gasteiger partial charge on any atom is 0.271 e. The zero-order chi connectivity index (χ0) is 19.4. The van der Waals surface area contributed by atoms with E-state index in [4.69, 9.17) is 16.3 Å². The van der Waals surface area contributed by atoms with E-state index in [-0.39, 0.29) is 23.4 Å². The van der Waals surface area contributed by atoms with Crippen molar-refractivity contribution >= 4 is 17.5 Å². The summed E-state index contributed by atoms with van der Waals surface area (Å²) in [5.74, 6) is 0.0423. The first kappa shape index (κ1) is 19.4. The average Bonchev–Trinajstić information content (AvgIpc) is 2.66. The Bertz CT molecular complexity index is 875. The fourth-order valence-electron chi connectivity index (χ4n) is 3.24. The lowest BCUT2D eigenvalue weighted by atomic mass is 9.95. The van der Waals surface area contributed by atoms with Gasteiger partial charge in [-0.3, -0.25) is 9.59 Å². The van der Waals surface area contributed by atoms with Gasteiger partial charge in [0.25, 0.3) is 11.5 Å². The molecule has 0 spiro atoms. The van der Waals surface area contributed by atoms with Gasteiger partial charge in [0.2, 0.25) is 5.88 Å². The Kier molecular flexibility index (Phi) is 6.16. The normalized spacial score (nSPS) is 16.0. The van der Waals surface area contributed by atoms with Gasteiger partial charge in [0, 0.05) is 23.2 Å². The van der Waals surface area contributed by atoms with Gasteiger partial charge in [-0.05, 0) is 44.4 Å². The lowest BCUT2D eigenvalue weighted by Gasteiger charge is -2.24. The summed E-state index contributed by atoms with van der Waals surface area (Å²) in [5.41, 5.74) is 1.14. The molecule has 0 radical (unpaired) electrons. The minimum atomic E-state index is -0.703. The van der Waals surface area contributed by atoms with Crippen molar-refractivity contribution in [2.24, 2.45) is 0 Å². The molecule has 1 fully saturated rings. The quantitative estimate of drug-likeness (QED) is 0.850. The monoisotopic (exact) mass is 389 g/mol. The Balaban J connectivity index is 1.74. The highest BCUT2D eigenvalue weighted by Gasteiger charge is 2.21. The fraction of sp³-hybridized carbons (Fsp3) is 0.450. The number of benzene rings is 1. The van der Waals surface area contributed by atoms with E-state index in [0.29, 0.717) is 10.7 Å². The molecule has 6 nitrogen and oxygen atoms in total. The molecule has 1 amide bonds. The van der Waals surface area contributed by atoms with E-state index >= 15 is 0 Å². The van der Waals surface area contributed by atoms with Gasteiger partial charge in [-0.15, -0.1) is 5.10 Å². The van der Waals surface area contributed by atoms with Gasteiger partial charge in [0.05, 0.1) is 5.69 Å². The number of carbonyl (C=O) groups is 1. The van der Waals surface area contributed by atoms with Crippen molar-refractivity contribution in [3.8, 4) is 11.6 Å². The van der Waals surface area contributed by atoms with E-state index in [1.165, 1.54) is 23.2 Å². The molecule has 0 bridgehead atoms. The second kappa shape index (κ2) is 8.57. The number of hydrogen-bond donors (Lipinski definition) is 1. The average molecular weight is 390 g/mol. The van der Waals surface area contributed by atoms with Gasteiger partial charge in [0.1, 0.15) is 0 Å². The molecule has 1 aromatic heterocycles. The molecular weight excluding hydrogens is 366 g/mol. The summed E-state index contributed by atoms with van der Waals surface area (Å²) in [6.07, 6.45) is 4.83. The van der Waals surface area contributed by atoms with E-state index in [1.807, 2.05) is 13.0 Å². The topological polar surface area (TPSA) is 73.2 Å². The van der Waals surface area contributed by atoms with Crippen molar-refractivity contribution in [1.29, 1.82) is 0 Å². The zero-order valence-corrected chi connectivity index (χ0v) is 16.3. The number of aryl methyl sites for hydroxylation is 1. The standard InChI is InChI=1S/C20H24ClN3O3/c1-13-8-9-15(21)12-17(13)24-19(25)11-10-18(23-24)27-14(2)20(26)22-16-6-4-3-5-7-16/h8-12,14,16H,3-7H2,1-2H3,(H,22,26)/t14-/m1/s1. The van der Waals surface area contributed by atoms with Crippen LogP contribution in [0.25, 0.3) is 5.69 Å². The Morgan fingerprint density at radius 1 is 1.26 bits per heavy atom. The molecule has 1 aliphatic carbocycles. The molecule has 2 aromatic rings. The molecule has 3 rings (SSSR count). The van der Waals surface area contributed by atoms with Crippen LogP contribution in [0.5, 0.6) is 5.88 Å². The Morgan fingerprint density at radius 3 is 2.74 bits per heavy atom. The van der Waals surface area contributed by atoms with Gasteiger partial charge in [-0.25, -0.2) is 0 Å². The molecule has 0 unspecified atom stereocenters. The maximum atomic E-state index is 12.4. The van der Waals surface area contributed by atoms with E-state index in [0.717, 1.165) is 31.2 Å². The van der Waals surface area contributed by atoms with E-state index in [2.05, 4.69) is 10.4 Å². The van der Waals surface area contributed by atoms with Crippen molar-refractivity contribution in [2.45, 2.75) is 58.1 Å². The van der Waals surface area contributed by atoms with Crippen LogP contribution in [0, 0.1) is 6.92 Å². The van der Waals surface area contributed by atoms with Gasteiger partial charge < -0.3 is 10.1 Å². The lowest BCUT2D eigenvalue weighted by molar-refractivity contribution is -0.128. The summed E-state index contributed by atoms with van der Waals surface area (Å²) in [6, 6.07) is 8.31. The van der Waals surface area contributed by atoms with Crippen LogP contribution in [0.2, 0.25) is 5.02 Å². The molecule has 7 heteroatoms. The van der Waals surface area contributed by atoms with E-state index < -0.39 is 6.10 Å². The van der Waals surface area contributed by atoms with Crippen LogP contribution in [-0.4, -0.2) is 27.8 Å². The molecule has 27 heavy (non-hydrogen) atoms. The number of rotatable bonds is 5. The van der Waals surface area contributed by atoms with Gasteiger partial charge in [-0.1, -0.05) is 36.9 Å². The number of carbonyl (C=O) groups excluding carboxylic acids is 1. The number of nitrogens with zero attached hydrogens (tertiary/aromatic N) is 2.